The fourth-order valence-electron chi connectivity index (χ4n) is 1.75. The maximum Gasteiger partial charge on any atom is 0.274 e. The summed E-state index contributed by atoms with van der Waals surface area (Å²) in [6.45, 7) is 5.95. The molecular weight excluding hydrogens is 264 g/mol. The summed E-state index contributed by atoms with van der Waals surface area (Å²) in [4.78, 5) is 0. The van der Waals surface area contributed by atoms with Gasteiger partial charge in [-0.05, 0) is 38.3 Å². The van der Waals surface area contributed by atoms with Crippen molar-refractivity contribution in [1.29, 1.82) is 0 Å². The Morgan fingerprint density at radius 1 is 1.53 bits per heavy atom. The van der Waals surface area contributed by atoms with Crippen molar-refractivity contribution in [1.82, 2.24) is 10.0 Å². The van der Waals surface area contributed by atoms with Crippen LogP contribution in [0.4, 0.5) is 0 Å². The van der Waals surface area contributed by atoms with E-state index < -0.39 is 10.0 Å². The molecule has 2 N–H and O–H groups in total. The van der Waals surface area contributed by atoms with E-state index in [1.54, 1.807) is 19.1 Å². The highest BCUT2D eigenvalue weighted by atomic mass is 32.2. The van der Waals surface area contributed by atoms with Crippen molar-refractivity contribution in [2.45, 2.75) is 49.9 Å². The van der Waals surface area contributed by atoms with Gasteiger partial charge in [0.15, 0.2) is 0 Å². The number of nitrogens with one attached hydrogen (secondary N) is 2. The Labute approximate surface area is 114 Å². The van der Waals surface area contributed by atoms with Crippen LogP contribution in [-0.2, 0) is 16.6 Å². The van der Waals surface area contributed by atoms with E-state index >= 15 is 0 Å². The fraction of sp³-hybridized carbons (Fsp3) is 0.538. The van der Waals surface area contributed by atoms with Crippen molar-refractivity contribution in [3.63, 3.8) is 0 Å². The molecule has 0 spiro atoms. The van der Waals surface area contributed by atoms with Crippen molar-refractivity contribution in [3.05, 3.63) is 30.5 Å². The zero-order chi connectivity index (χ0) is 13.9. The molecule has 1 fully saturated rings. The highest BCUT2D eigenvalue weighted by molar-refractivity contribution is 7.89. The molecule has 1 aliphatic carbocycles. The lowest BCUT2D eigenvalue weighted by Crippen LogP contribution is -2.31. The van der Waals surface area contributed by atoms with Crippen molar-refractivity contribution < 1.29 is 12.8 Å². The summed E-state index contributed by atoms with van der Waals surface area (Å²) in [5.74, 6) is 0.642. The standard InChI is InChI=1S/C13H20N2O3S/c1-3-4-10(2)15-19(16,17)13-8-7-12(18-13)9-14-11-5-6-11/h3,7-8,10-11,14-15H,1,4-6,9H2,2H3. The zero-order valence-electron chi connectivity index (χ0n) is 11.1. The molecule has 1 unspecified atom stereocenters. The Balaban J connectivity index is 1.96. The van der Waals surface area contributed by atoms with Crippen LogP contribution in [0.1, 0.15) is 31.9 Å². The van der Waals surface area contributed by atoms with Crippen LogP contribution in [0.3, 0.4) is 0 Å². The fourth-order valence-corrected chi connectivity index (χ4v) is 2.96. The maximum absolute atomic E-state index is 12.0. The van der Waals surface area contributed by atoms with Gasteiger partial charge >= 0.3 is 0 Å². The van der Waals surface area contributed by atoms with Gasteiger partial charge in [-0.3, -0.25) is 0 Å². The molecule has 0 amide bonds. The summed E-state index contributed by atoms with van der Waals surface area (Å²) in [7, 11) is -3.58. The van der Waals surface area contributed by atoms with Gasteiger partial charge in [0.2, 0.25) is 5.09 Å². The van der Waals surface area contributed by atoms with Crippen molar-refractivity contribution >= 4 is 10.0 Å². The molecule has 1 atom stereocenters. The van der Waals surface area contributed by atoms with E-state index in [0.29, 0.717) is 24.8 Å². The van der Waals surface area contributed by atoms with Gasteiger partial charge in [-0.2, -0.15) is 0 Å². The summed E-state index contributed by atoms with van der Waals surface area (Å²) in [5, 5.41) is 3.25. The molecular formula is C13H20N2O3S. The second kappa shape index (κ2) is 5.90. The van der Waals surface area contributed by atoms with E-state index in [1.807, 2.05) is 0 Å². The third-order valence-corrected chi connectivity index (χ3v) is 4.38. The van der Waals surface area contributed by atoms with Gasteiger partial charge in [-0.15, -0.1) is 6.58 Å². The maximum atomic E-state index is 12.0. The molecule has 0 bridgehead atoms. The number of hydrogen-bond acceptors (Lipinski definition) is 4. The zero-order valence-corrected chi connectivity index (χ0v) is 11.9. The lowest BCUT2D eigenvalue weighted by Gasteiger charge is -2.10. The van der Waals surface area contributed by atoms with E-state index in [0.717, 1.165) is 0 Å². The van der Waals surface area contributed by atoms with Crippen LogP contribution in [0.25, 0.3) is 0 Å². The second-order valence-corrected chi connectivity index (χ2v) is 6.57. The largest absolute Gasteiger partial charge is 0.447 e. The number of furan rings is 1. The first-order valence-corrected chi connectivity index (χ1v) is 7.95. The highest BCUT2D eigenvalue weighted by Gasteiger charge is 2.23. The first-order chi connectivity index (χ1) is 9.01. The van der Waals surface area contributed by atoms with E-state index in [4.69, 9.17) is 4.42 Å². The lowest BCUT2D eigenvalue weighted by atomic mass is 10.3. The highest BCUT2D eigenvalue weighted by Crippen LogP contribution is 2.20. The van der Waals surface area contributed by atoms with Gasteiger partial charge in [0, 0.05) is 12.1 Å². The van der Waals surface area contributed by atoms with Gasteiger partial charge in [-0.1, -0.05) is 6.08 Å². The van der Waals surface area contributed by atoms with Crippen LogP contribution in [0, 0.1) is 0 Å². The minimum Gasteiger partial charge on any atom is -0.447 e. The van der Waals surface area contributed by atoms with Gasteiger partial charge in [0.1, 0.15) is 5.76 Å². The molecule has 0 aromatic carbocycles. The molecule has 1 aliphatic rings. The van der Waals surface area contributed by atoms with Crippen molar-refractivity contribution in [2.24, 2.45) is 0 Å². The molecule has 0 aliphatic heterocycles. The van der Waals surface area contributed by atoms with Crippen LogP contribution >= 0.6 is 0 Å². The van der Waals surface area contributed by atoms with Gasteiger partial charge < -0.3 is 9.73 Å². The molecule has 1 aromatic heterocycles. The summed E-state index contributed by atoms with van der Waals surface area (Å²) < 4.78 is 32.0. The van der Waals surface area contributed by atoms with E-state index in [9.17, 15) is 8.42 Å². The first kappa shape index (κ1) is 14.3. The monoisotopic (exact) mass is 284 g/mol. The minimum absolute atomic E-state index is 0.0315. The molecule has 1 saturated carbocycles. The molecule has 106 valence electrons. The van der Waals surface area contributed by atoms with Gasteiger partial charge in [0.25, 0.3) is 10.0 Å². The first-order valence-electron chi connectivity index (χ1n) is 6.46. The van der Waals surface area contributed by atoms with E-state index in [-0.39, 0.29) is 11.1 Å². The van der Waals surface area contributed by atoms with E-state index in [1.165, 1.54) is 18.9 Å². The Kier molecular flexibility index (Phi) is 4.44. The summed E-state index contributed by atoms with van der Waals surface area (Å²) >= 11 is 0. The normalized spacial score (nSPS) is 17.3. The molecule has 0 radical (unpaired) electrons. The van der Waals surface area contributed by atoms with Crippen molar-refractivity contribution in [2.75, 3.05) is 0 Å². The van der Waals surface area contributed by atoms with Crippen LogP contribution < -0.4 is 10.0 Å². The molecule has 0 saturated heterocycles. The number of hydrogen-bond donors (Lipinski definition) is 2. The summed E-state index contributed by atoms with van der Waals surface area (Å²) in [6, 6.07) is 3.56. The molecule has 19 heavy (non-hydrogen) atoms. The smallest absolute Gasteiger partial charge is 0.274 e. The third-order valence-electron chi connectivity index (χ3n) is 2.92. The third kappa shape index (κ3) is 4.19. The molecule has 1 aromatic rings. The van der Waals surface area contributed by atoms with Crippen molar-refractivity contribution in [3.8, 4) is 0 Å². The predicted molar refractivity (Wildman–Crippen MR) is 73.2 cm³/mol. The Morgan fingerprint density at radius 3 is 2.89 bits per heavy atom. The van der Waals surface area contributed by atoms with Crippen LogP contribution in [0.15, 0.2) is 34.3 Å². The average molecular weight is 284 g/mol. The van der Waals surface area contributed by atoms with E-state index in [2.05, 4.69) is 16.6 Å². The van der Waals surface area contributed by atoms with Gasteiger partial charge in [-0.25, -0.2) is 13.1 Å². The van der Waals surface area contributed by atoms with Crippen LogP contribution in [0.5, 0.6) is 0 Å². The topological polar surface area (TPSA) is 71.3 Å². The molecule has 5 nitrogen and oxygen atoms in total. The molecule has 1 heterocycles. The Bertz CT molecular complexity index is 532. The quantitative estimate of drug-likeness (QED) is 0.714. The average Bonchev–Trinajstić information content (AvgIpc) is 3.02. The SMILES string of the molecule is C=CCC(C)NS(=O)(=O)c1ccc(CNC2CC2)o1. The van der Waals surface area contributed by atoms with Crippen LogP contribution in [-0.4, -0.2) is 20.5 Å². The lowest BCUT2D eigenvalue weighted by molar-refractivity contribution is 0.397. The summed E-state index contributed by atoms with van der Waals surface area (Å²) in [6.07, 6.45) is 4.63. The summed E-state index contributed by atoms with van der Waals surface area (Å²) in [5.41, 5.74) is 0. The van der Waals surface area contributed by atoms with Crippen LogP contribution in [0.2, 0.25) is 0 Å². The Morgan fingerprint density at radius 2 is 2.26 bits per heavy atom. The minimum atomic E-state index is -3.58. The second-order valence-electron chi connectivity index (χ2n) is 4.92. The molecule has 2 rings (SSSR count). The number of rotatable bonds is 8. The molecule has 6 heteroatoms. The predicted octanol–water partition coefficient (Wildman–Crippen LogP) is 1.77. The number of sulfonamides is 1. The Hall–Kier alpha value is -1.11. The van der Waals surface area contributed by atoms with Gasteiger partial charge in [0.05, 0.1) is 6.54 Å².